The van der Waals surface area contributed by atoms with Gasteiger partial charge in [-0.1, -0.05) is 11.8 Å². The third-order valence-electron chi connectivity index (χ3n) is 2.19. The highest BCUT2D eigenvalue weighted by Crippen LogP contribution is 2.22. The molecule has 100 valence electrons. The molecule has 2 N–H and O–H groups in total. The van der Waals surface area contributed by atoms with E-state index < -0.39 is 21.2 Å². The summed E-state index contributed by atoms with van der Waals surface area (Å²) in [5.74, 6) is -0.438. The topological polar surface area (TPSA) is 93.4 Å². The number of rotatable bonds is 5. The van der Waals surface area contributed by atoms with Crippen LogP contribution < -0.4 is 5.73 Å². The summed E-state index contributed by atoms with van der Waals surface area (Å²) >= 11 is 1.19. The molecule has 0 aliphatic carbocycles. The summed E-state index contributed by atoms with van der Waals surface area (Å²) in [4.78, 5) is 15.0. The third kappa shape index (κ3) is 3.44. The predicted octanol–water partition coefficient (Wildman–Crippen LogP) is 0.298. The molecular formula is C10H15N3O3S2. The Hall–Kier alpha value is -1.12. The lowest BCUT2D eigenvalue weighted by molar-refractivity contribution is -0.117. The minimum Gasteiger partial charge on any atom is -0.369 e. The van der Waals surface area contributed by atoms with Gasteiger partial charge in [0.15, 0.2) is 0 Å². The number of amides is 1. The summed E-state index contributed by atoms with van der Waals surface area (Å²) in [6, 6.07) is 3.01. The fraction of sp³-hybridized carbons (Fsp3) is 0.400. The molecule has 18 heavy (non-hydrogen) atoms. The van der Waals surface area contributed by atoms with Gasteiger partial charge < -0.3 is 5.73 Å². The van der Waals surface area contributed by atoms with Crippen molar-refractivity contribution >= 4 is 27.7 Å². The Morgan fingerprint density at radius 3 is 2.44 bits per heavy atom. The van der Waals surface area contributed by atoms with Crippen LogP contribution in [0.1, 0.15) is 6.92 Å². The Kier molecular flexibility index (Phi) is 4.71. The van der Waals surface area contributed by atoms with Gasteiger partial charge >= 0.3 is 0 Å². The second-order valence-electron chi connectivity index (χ2n) is 3.78. The molecular weight excluding hydrogens is 274 g/mol. The molecule has 1 unspecified atom stereocenters. The van der Waals surface area contributed by atoms with Crippen molar-refractivity contribution in [2.45, 2.75) is 22.1 Å². The number of nitrogens with zero attached hydrogens (tertiary/aromatic N) is 2. The van der Waals surface area contributed by atoms with Crippen LogP contribution in [0.3, 0.4) is 0 Å². The van der Waals surface area contributed by atoms with Crippen molar-refractivity contribution in [1.82, 2.24) is 9.29 Å². The number of carbonyl (C=O) groups is 1. The number of carbonyl (C=O) groups excluding carboxylic acids is 1. The summed E-state index contributed by atoms with van der Waals surface area (Å²) in [5, 5.41) is 0.146. The minimum absolute atomic E-state index is 0.114. The van der Waals surface area contributed by atoms with Crippen molar-refractivity contribution in [3.8, 4) is 0 Å². The van der Waals surface area contributed by atoms with E-state index in [2.05, 4.69) is 4.98 Å². The van der Waals surface area contributed by atoms with E-state index in [1.807, 2.05) is 0 Å². The maximum Gasteiger partial charge on any atom is 0.244 e. The number of primary amides is 1. The van der Waals surface area contributed by atoms with E-state index in [9.17, 15) is 13.2 Å². The Balaban J connectivity index is 2.91. The molecule has 6 nitrogen and oxygen atoms in total. The number of aromatic nitrogens is 1. The normalized spacial score (nSPS) is 13.6. The van der Waals surface area contributed by atoms with Crippen molar-refractivity contribution < 1.29 is 13.2 Å². The van der Waals surface area contributed by atoms with E-state index in [0.717, 1.165) is 4.31 Å². The van der Waals surface area contributed by atoms with E-state index in [1.54, 1.807) is 13.0 Å². The highest BCUT2D eigenvalue weighted by molar-refractivity contribution is 8.00. The Bertz CT molecular complexity index is 526. The van der Waals surface area contributed by atoms with E-state index >= 15 is 0 Å². The first-order valence-electron chi connectivity index (χ1n) is 5.09. The van der Waals surface area contributed by atoms with E-state index in [1.165, 1.54) is 38.1 Å². The highest BCUT2D eigenvalue weighted by Gasteiger charge is 2.18. The van der Waals surface area contributed by atoms with Crippen molar-refractivity contribution in [2.24, 2.45) is 5.73 Å². The lowest BCUT2D eigenvalue weighted by atomic mass is 10.5. The summed E-state index contributed by atoms with van der Waals surface area (Å²) in [6.07, 6.45) is 1.27. The molecule has 0 fully saturated rings. The molecule has 1 atom stereocenters. The summed E-state index contributed by atoms with van der Waals surface area (Å²) in [7, 11) is -0.565. The van der Waals surface area contributed by atoms with Crippen LogP contribution in [0.25, 0.3) is 0 Å². The van der Waals surface area contributed by atoms with Gasteiger partial charge in [-0.25, -0.2) is 17.7 Å². The monoisotopic (exact) mass is 289 g/mol. The Morgan fingerprint density at radius 2 is 2.06 bits per heavy atom. The average molecular weight is 289 g/mol. The summed E-state index contributed by atoms with van der Waals surface area (Å²) < 4.78 is 24.7. The number of hydrogen-bond donors (Lipinski definition) is 1. The lowest BCUT2D eigenvalue weighted by Crippen LogP contribution is -2.23. The number of pyridine rings is 1. The second-order valence-corrected chi connectivity index (χ2v) is 7.29. The zero-order chi connectivity index (χ0) is 13.9. The number of thioether (sulfide) groups is 1. The maximum absolute atomic E-state index is 11.8. The largest absolute Gasteiger partial charge is 0.369 e. The summed E-state index contributed by atoms with van der Waals surface area (Å²) in [6.45, 7) is 1.67. The molecule has 0 aromatic carbocycles. The third-order valence-corrected chi connectivity index (χ3v) is 5.05. The van der Waals surface area contributed by atoms with Gasteiger partial charge in [-0.15, -0.1) is 0 Å². The first kappa shape index (κ1) is 14.9. The van der Waals surface area contributed by atoms with Crippen LogP contribution in [-0.4, -0.2) is 43.0 Å². The quantitative estimate of drug-likeness (QED) is 0.787. The van der Waals surface area contributed by atoms with Gasteiger partial charge in [-0.05, 0) is 19.1 Å². The van der Waals surface area contributed by atoms with Crippen molar-refractivity contribution in [2.75, 3.05) is 14.1 Å². The first-order valence-corrected chi connectivity index (χ1v) is 7.41. The van der Waals surface area contributed by atoms with Gasteiger partial charge in [0.2, 0.25) is 15.9 Å². The molecule has 1 rings (SSSR count). The van der Waals surface area contributed by atoms with E-state index in [4.69, 9.17) is 5.73 Å². The highest BCUT2D eigenvalue weighted by atomic mass is 32.2. The van der Waals surface area contributed by atoms with Crippen LogP contribution >= 0.6 is 11.8 Å². The fourth-order valence-corrected chi connectivity index (χ4v) is 2.63. The summed E-state index contributed by atoms with van der Waals surface area (Å²) in [5.41, 5.74) is 5.13. The van der Waals surface area contributed by atoms with Crippen molar-refractivity contribution in [3.63, 3.8) is 0 Å². The lowest BCUT2D eigenvalue weighted by Gasteiger charge is -2.11. The Morgan fingerprint density at radius 1 is 1.44 bits per heavy atom. The van der Waals surface area contributed by atoms with Gasteiger partial charge in [-0.3, -0.25) is 4.79 Å². The molecule has 1 aromatic heterocycles. The smallest absolute Gasteiger partial charge is 0.244 e. The molecule has 0 radical (unpaired) electrons. The number of hydrogen-bond acceptors (Lipinski definition) is 5. The predicted molar refractivity (Wildman–Crippen MR) is 69.6 cm³/mol. The maximum atomic E-state index is 11.8. The molecule has 1 heterocycles. The molecule has 0 saturated carbocycles. The second kappa shape index (κ2) is 5.68. The molecule has 0 aliphatic heterocycles. The average Bonchev–Trinajstić information content (AvgIpc) is 2.29. The van der Waals surface area contributed by atoms with Gasteiger partial charge in [0.05, 0.1) is 10.3 Å². The number of sulfonamides is 1. The molecule has 0 spiro atoms. The zero-order valence-electron chi connectivity index (χ0n) is 10.3. The van der Waals surface area contributed by atoms with E-state index in [-0.39, 0.29) is 4.90 Å². The molecule has 0 saturated heterocycles. The standard InChI is InChI=1S/C10H15N3O3S2/c1-7(10(11)14)17-9-5-4-8(6-12-9)18(15,16)13(2)3/h4-7H,1-3H3,(H2,11,14). The Labute approximate surface area is 111 Å². The minimum atomic E-state index is -3.47. The fourth-order valence-electron chi connectivity index (χ4n) is 1.04. The van der Waals surface area contributed by atoms with Crippen LogP contribution in [-0.2, 0) is 14.8 Å². The first-order chi connectivity index (χ1) is 8.25. The zero-order valence-corrected chi connectivity index (χ0v) is 12.0. The van der Waals surface area contributed by atoms with Crippen molar-refractivity contribution in [3.05, 3.63) is 18.3 Å². The van der Waals surface area contributed by atoms with Crippen LogP contribution in [0.4, 0.5) is 0 Å². The number of nitrogens with two attached hydrogens (primary N) is 1. The van der Waals surface area contributed by atoms with Crippen molar-refractivity contribution in [1.29, 1.82) is 0 Å². The molecule has 0 aliphatic rings. The van der Waals surface area contributed by atoms with Gasteiger partial charge in [0, 0.05) is 20.3 Å². The van der Waals surface area contributed by atoms with Gasteiger partial charge in [0.25, 0.3) is 0 Å². The molecule has 1 amide bonds. The SMILES string of the molecule is CC(Sc1ccc(S(=O)(=O)N(C)C)cn1)C(N)=O. The molecule has 0 bridgehead atoms. The van der Waals surface area contributed by atoms with Gasteiger partial charge in [0.1, 0.15) is 4.90 Å². The molecule has 1 aromatic rings. The van der Waals surface area contributed by atoms with Crippen LogP contribution in [0, 0.1) is 0 Å². The van der Waals surface area contributed by atoms with Crippen LogP contribution in [0.2, 0.25) is 0 Å². The van der Waals surface area contributed by atoms with Gasteiger partial charge in [-0.2, -0.15) is 0 Å². The molecule has 8 heteroatoms. The van der Waals surface area contributed by atoms with E-state index in [0.29, 0.717) is 5.03 Å². The van der Waals surface area contributed by atoms with Crippen LogP contribution in [0.15, 0.2) is 28.3 Å². The van der Waals surface area contributed by atoms with Crippen LogP contribution in [0.5, 0.6) is 0 Å².